The zero-order valence-electron chi connectivity index (χ0n) is 9.62. The van der Waals surface area contributed by atoms with E-state index in [0.29, 0.717) is 11.1 Å². The van der Waals surface area contributed by atoms with Crippen LogP contribution in [0.2, 0.25) is 0 Å². The molecule has 0 unspecified atom stereocenters. The number of Topliss-reactive ketones (excluding diaryl/α,β-unsaturated/α-hetero) is 1. The third kappa shape index (κ3) is 2.73. The third-order valence-corrected chi connectivity index (χ3v) is 3.27. The Kier molecular flexibility index (Phi) is 3.70. The molecule has 5 heteroatoms. The lowest BCUT2D eigenvalue weighted by Crippen LogP contribution is -1.96. The van der Waals surface area contributed by atoms with Crippen molar-refractivity contribution in [2.75, 3.05) is 0 Å². The van der Waals surface area contributed by atoms with Crippen LogP contribution in [-0.4, -0.2) is 15.8 Å². The molecule has 1 aromatic heterocycles. The van der Waals surface area contributed by atoms with Gasteiger partial charge in [0.05, 0.1) is 11.6 Å². The molecular formula is C13H9N3OS. The molecular weight excluding hydrogens is 246 g/mol. The largest absolute Gasteiger partial charge is 0.294 e. The Balaban J connectivity index is 2.42. The maximum Gasteiger partial charge on any atom is 0.160 e. The molecule has 0 spiro atoms. The lowest BCUT2D eigenvalue weighted by atomic mass is 10.1. The van der Waals surface area contributed by atoms with Gasteiger partial charge in [0.2, 0.25) is 0 Å². The van der Waals surface area contributed by atoms with Crippen LogP contribution in [0.3, 0.4) is 0 Å². The predicted octanol–water partition coefficient (Wildman–Crippen LogP) is 2.70. The van der Waals surface area contributed by atoms with Gasteiger partial charge in [-0.05, 0) is 31.2 Å². The van der Waals surface area contributed by atoms with Crippen LogP contribution in [0.5, 0.6) is 0 Å². The Morgan fingerprint density at radius 1 is 1.39 bits per heavy atom. The van der Waals surface area contributed by atoms with E-state index in [0.717, 1.165) is 9.92 Å². The summed E-state index contributed by atoms with van der Waals surface area (Å²) in [6.45, 7) is 1.51. The van der Waals surface area contributed by atoms with Crippen LogP contribution in [0, 0.1) is 11.3 Å². The van der Waals surface area contributed by atoms with Crippen molar-refractivity contribution < 1.29 is 4.79 Å². The van der Waals surface area contributed by atoms with Gasteiger partial charge in [-0.15, -0.1) is 0 Å². The number of hydrogen-bond donors (Lipinski definition) is 0. The van der Waals surface area contributed by atoms with Crippen LogP contribution in [0.15, 0.2) is 46.7 Å². The molecule has 0 amide bonds. The quantitative estimate of drug-likeness (QED) is 0.623. The molecule has 88 valence electrons. The number of carbonyl (C=O) groups excluding carboxylic acids is 1. The van der Waals surface area contributed by atoms with Gasteiger partial charge in [-0.2, -0.15) is 5.26 Å². The zero-order chi connectivity index (χ0) is 13.0. The minimum atomic E-state index is -0.0314. The summed E-state index contributed by atoms with van der Waals surface area (Å²) in [5.41, 5.74) is 1.12. The summed E-state index contributed by atoms with van der Waals surface area (Å²) in [5.74, 6) is -0.0314. The lowest BCUT2D eigenvalue weighted by molar-refractivity contribution is 0.101. The molecule has 0 aliphatic carbocycles. The summed E-state index contributed by atoms with van der Waals surface area (Å²) in [7, 11) is 0. The van der Waals surface area contributed by atoms with E-state index in [1.807, 2.05) is 0 Å². The van der Waals surface area contributed by atoms with Crippen molar-refractivity contribution in [1.82, 2.24) is 9.97 Å². The van der Waals surface area contributed by atoms with Crippen LogP contribution >= 0.6 is 11.8 Å². The molecule has 0 aliphatic heterocycles. The Morgan fingerprint density at radius 3 is 2.83 bits per heavy atom. The van der Waals surface area contributed by atoms with E-state index in [4.69, 9.17) is 5.26 Å². The van der Waals surface area contributed by atoms with Crippen LogP contribution in [-0.2, 0) is 0 Å². The topological polar surface area (TPSA) is 66.6 Å². The molecule has 0 N–H and O–H groups in total. The number of ketones is 1. The summed E-state index contributed by atoms with van der Waals surface area (Å²) in [5, 5.41) is 9.63. The highest BCUT2D eigenvalue weighted by atomic mass is 32.2. The summed E-state index contributed by atoms with van der Waals surface area (Å²) in [6.07, 6.45) is 3.08. The van der Waals surface area contributed by atoms with Gasteiger partial charge in [0.15, 0.2) is 5.78 Å². The number of benzene rings is 1. The predicted molar refractivity (Wildman–Crippen MR) is 67.3 cm³/mol. The summed E-state index contributed by atoms with van der Waals surface area (Å²) in [6, 6.07) is 8.83. The fraction of sp³-hybridized carbons (Fsp3) is 0.0769. The van der Waals surface area contributed by atoms with Gasteiger partial charge in [-0.25, -0.2) is 9.97 Å². The SMILES string of the molecule is CC(=O)c1ccc(C#N)cc1Sc1ccncn1. The van der Waals surface area contributed by atoms with Crippen LogP contribution < -0.4 is 0 Å². The van der Waals surface area contributed by atoms with E-state index in [9.17, 15) is 4.79 Å². The van der Waals surface area contributed by atoms with Crippen molar-refractivity contribution in [3.8, 4) is 6.07 Å². The van der Waals surface area contributed by atoms with E-state index in [2.05, 4.69) is 16.0 Å². The lowest BCUT2D eigenvalue weighted by Gasteiger charge is -2.06. The average molecular weight is 255 g/mol. The number of nitrogens with zero attached hydrogens (tertiary/aromatic N) is 3. The van der Waals surface area contributed by atoms with Crippen molar-refractivity contribution in [3.05, 3.63) is 47.9 Å². The molecule has 1 aromatic carbocycles. The number of rotatable bonds is 3. The minimum Gasteiger partial charge on any atom is -0.294 e. The molecule has 0 fully saturated rings. The molecule has 1 heterocycles. The highest BCUT2D eigenvalue weighted by molar-refractivity contribution is 7.99. The van der Waals surface area contributed by atoms with E-state index in [1.165, 1.54) is 25.0 Å². The van der Waals surface area contributed by atoms with E-state index >= 15 is 0 Å². The van der Waals surface area contributed by atoms with Crippen molar-refractivity contribution in [2.45, 2.75) is 16.8 Å². The van der Waals surface area contributed by atoms with Gasteiger partial charge in [0.25, 0.3) is 0 Å². The fourth-order valence-electron chi connectivity index (χ4n) is 1.42. The fourth-order valence-corrected chi connectivity index (χ4v) is 2.38. The normalized spacial score (nSPS) is 9.78. The first-order valence-electron chi connectivity index (χ1n) is 5.19. The standard InChI is InChI=1S/C13H9N3OS/c1-9(17)11-3-2-10(7-14)6-12(11)18-13-4-5-15-8-16-13/h2-6,8H,1H3. The molecule has 0 bridgehead atoms. The molecule has 2 rings (SSSR count). The van der Waals surface area contributed by atoms with Gasteiger partial charge >= 0.3 is 0 Å². The summed E-state index contributed by atoms with van der Waals surface area (Å²) < 4.78 is 0. The van der Waals surface area contributed by atoms with Crippen molar-refractivity contribution in [1.29, 1.82) is 5.26 Å². The first-order chi connectivity index (χ1) is 8.70. The third-order valence-electron chi connectivity index (χ3n) is 2.26. The van der Waals surface area contributed by atoms with Crippen molar-refractivity contribution in [3.63, 3.8) is 0 Å². The molecule has 0 atom stereocenters. The van der Waals surface area contributed by atoms with Gasteiger partial charge < -0.3 is 0 Å². The van der Waals surface area contributed by atoms with Crippen molar-refractivity contribution >= 4 is 17.5 Å². The molecule has 0 saturated heterocycles. The summed E-state index contributed by atoms with van der Waals surface area (Å²) >= 11 is 1.35. The molecule has 2 aromatic rings. The second kappa shape index (κ2) is 5.43. The highest BCUT2D eigenvalue weighted by Crippen LogP contribution is 2.29. The zero-order valence-corrected chi connectivity index (χ0v) is 10.4. The number of aromatic nitrogens is 2. The molecule has 0 saturated carbocycles. The maximum atomic E-state index is 11.5. The highest BCUT2D eigenvalue weighted by Gasteiger charge is 2.10. The summed E-state index contributed by atoms with van der Waals surface area (Å²) in [4.78, 5) is 20.2. The monoisotopic (exact) mass is 255 g/mol. The minimum absolute atomic E-state index is 0.0314. The van der Waals surface area contributed by atoms with Crippen LogP contribution in [0.4, 0.5) is 0 Å². The Hall–Kier alpha value is -2.19. The second-order valence-corrected chi connectivity index (χ2v) is 4.59. The first-order valence-corrected chi connectivity index (χ1v) is 6.01. The Labute approximate surface area is 109 Å². The van der Waals surface area contributed by atoms with Crippen molar-refractivity contribution in [2.24, 2.45) is 0 Å². The van der Waals surface area contributed by atoms with Gasteiger partial charge in [-0.1, -0.05) is 11.8 Å². The smallest absolute Gasteiger partial charge is 0.160 e. The van der Waals surface area contributed by atoms with E-state index in [-0.39, 0.29) is 5.78 Å². The molecule has 18 heavy (non-hydrogen) atoms. The van der Waals surface area contributed by atoms with Gasteiger partial charge in [0.1, 0.15) is 11.4 Å². The van der Waals surface area contributed by atoms with Crippen LogP contribution in [0.25, 0.3) is 0 Å². The Bertz CT molecular complexity index is 620. The molecule has 4 nitrogen and oxygen atoms in total. The number of hydrogen-bond acceptors (Lipinski definition) is 5. The number of nitriles is 1. The molecule has 0 aliphatic rings. The maximum absolute atomic E-state index is 11.5. The molecule has 0 radical (unpaired) electrons. The van der Waals surface area contributed by atoms with E-state index in [1.54, 1.807) is 30.5 Å². The second-order valence-electron chi connectivity index (χ2n) is 3.53. The first kappa shape index (κ1) is 12.3. The Morgan fingerprint density at radius 2 is 2.22 bits per heavy atom. The van der Waals surface area contributed by atoms with Crippen LogP contribution in [0.1, 0.15) is 22.8 Å². The van der Waals surface area contributed by atoms with Gasteiger partial charge in [-0.3, -0.25) is 4.79 Å². The van der Waals surface area contributed by atoms with Gasteiger partial charge in [0, 0.05) is 16.7 Å². The average Bonchev–Trinajstić information content (AvgIpc) is 2.39. The number of carbonyl (C=O) groups is 1. The van der Waals surface area contributed by atoms with E-state index < -0.39 is 0 Å².